The van der Waals surface area contributed by atoms with Crippen molar-refractivity contribution >= 4 is 27.3 Å². The van der Waals surface area contributed by atoms with Gasteiger partial charge >= 0.3 is 0 Å². The lowest BCUT2D eigenvalue weighted by atomic mass is 10.0. The summed E-state index contributed by atoms with van der Waals surface area (Å²) < 4.78 is 6.52. The SMILES string of the molecule is COc1ccccc1N(C)c1ccc(Br)cc1CC(C)N. The van der Waals surface area contributed by atoms with Crippen LogP contribution in [0.3, 0.4) is 0 Å². The van der Waals surface area contributed by atoms with Crippen LogP contribution >= 0.6 is 15.9 Å². The molecule has 2 aromatic carbocycles. The lowest BCUT2D eigenvalue weighted by molar-refractivity contribution is 0.415. The minimum absolute atomic E-state index is 0.115. The van der Waals surface area contributed by atoms with Crippen molar-refractivity contribution in [3.63, 3.8) is 0 Å². The van der Waals surface area contributed by atoms with Crippen LogP contribution in [-0.2, 0) is 6.42 Å². The number of anilines is 2. The summed E-state index contributed by atoms with van der Waals surface area (Å²) in [5.74, 6) is 0.856. The van der Waals surface area contributed by atoms with Crippen molar-refractivity contribution in [1.29, 1.82) is 0 Å². The zero-order valence-corrected chi connectivity index (χ0v) is 14.2. The summed E-state index contributed by atoms with van der Waals surface area (Å²) in [6.07, 6.45) is 0.828. The van der Waals surface area contributed by atoms with Crippen molar-refractivity contribution in [1.82, 2.24) is 0 Å². The normalized spacial score (nSPS) is 12.0. The summed E-state index contributed by atoms with van der Waals surface area (Å²) >= 11 is 3.54. The highest BCUT2D eigenvalue weighted by molar-refractivity contribution is 9.10. The van der Waals surface area contributed by atoms with Gasteiger partial charge in [0.1, 0.15) is 5.75 Å². The van der Waals surface area contributed by atoms with E-state index in [0.29, 0.717) is 0 Å². The van der Waals surface area contributed by atoms with Gasteiger partial charge in [0.25, 0.3) is 0 Å². The van der Waals surface area contributed by atoms with Crippen LogP contribution in [0.5, 0.6) is 5.75 Å². The molecule has 1 unspecified atom stereocenters. The summed E-state index contributed by atoms with van der Waals surface area (Å²) in [7, 11) is 3.74. The highest BCUT2D eigenvalue weighted by Crippen LogP contribution is 2.35. The first-order chi connectivity index (χ1) is 10.0. The molecule has 4 heteroatoms. The van der Waals surface area contributed by atoms with E-state index in [1.165, 1.54) is 5.56 Å². The molecule has 0 aromatic heterocycles. The minimum atomic E-state index is 0.115. The maximum Gasteiger partial charge on any atom is 0.142 e. The van der Waals surface area contributed by atoms with Gasteiger partial charge in [0.15, 0.2) is 0 Å². The van der Waals surface area contributed by atoms with E-state index in [4.69, 9.17) is 10.5 Å². The number of benzene rings is 2. The molecule has 0 aliphatic heterocycles. The highest BCUT2D eigenvalue weighted by atomic mass is 79.9. The molecule has 0 spiro atoms. The maximum absolute atomic E-state index is 5.98. The summed E-state index contributed by atoms with van der Waals surface area (Å²) in [6.45, 7) is 2.02. The van der Waals surface area contributed by atoms with E-state index in [1.54, 1.807) is 7.11 Å². The van der Waals surface area contributed by atoms with E-state index < -0.39 is 0 Å². The lowest BCUT2D eigenvalue weighted by Gasteiger charge is -2.25. The number of methoxy groups -OCH3 is 1. The zero-order chi connectivity index (χ0) is 15.4. The molecule has 1 atom stereocenters. The molecule has 2 N–H and O–H groups in total. The van der Waals surface area contributed by atoms with E-state index in [1.807, 2.05) is 38.2 Å². The maximum atomic E-state index is 5.98. The second-order valence-electron chi connectivity index (χ2n) is 5.19. The Balaban J connectivity index is 2.45. The van der Waals surface area contributed by atoms with Crippen LogP contribution in [0, 0.1) is 0 Å². The quantitative estimate of drug-likeness (QED) is 0.883. The molecule has 3 nitrogen and oxygen atoms in total. The fourth-order valence-electron chi connectivity index (χ4n) is 2.43. The first kappa shape index (κ1) is 15.9. The van der Waals surface area contributed by atoms with Gasteiger partial charge in [-0.3, -0.25) is 0 Å². The molecule has 2 rings (SSSR count). The molecule has 0 radical (unpaired) electrons. The van der Waals surface area contributed by atoms with Crippen LogP contribution in [-0.4, -0.2) is 20.2 Å². The van der Waals surface area contributed by atoms with Gasteiger partial charge < -0.3 is 15.4 Å². The number of rotatable bonds is 5. The van der Waals surface area contributed by atoms with E-state index in [-0.39, 0.29) is 6.04 Å². The summed E-state index contributed by atoms with van der Waals surface area (Å²) in [6, 6.07) is 14.4. The average Bonchev–Trinajstić information content (AvgIpc) is 2.46. The van der Waals surface area contributed by atoms with Crippen molar-refractivity contribution in [3.05, 3.63) is 52.5 Å². The second kappa shape index (κ2) is 6.96. The molecule has 0 saturated heterocycles. The fourth-order valence-corrected chi connectivity index (χ4v) is 2.84. The zero-order valence-electron chi connectivity index (χ0n) is 12.6. The molecular formula is C17H21BrN2O. The van der Waals surface area contributed by atoms with Crippen LogP contribution in [0.25, 0.3) is 0 Å². The van der Waals surface area contributed by atoms with E-state index in [9.17, 15) is 0 Å². The van der Waals surface area contributed by atoms with Crippen LogP contribution in [0.4, 0.5) is 11.4 Å². The van der Waals surface area contributed by atoms with Gasteiger partial charge in [-0.2, -0.15) is 0 Å². The third-order valence-corrected chi connectivity index (χ3v) is 3.88. The lowest BCUT2D eigenvalue weighted by Crippen LogP contribution is -2.20. The Morgan fingerprint density at radius 3 is 2.57 bits per heavy atom. The molecule has 2 aromatic rings. The van der Waals surface area contributed by atoms with Crippen LogP contribution in [0.1, 0.15) is 12.5 Å². The van der Waals surface area contributed by atoms with Gasteiger partial charge in [-0.15, -0.1) is 0 Å². The van der Waals surface area contributed by atoms with Gasteiger partial charge in [0.2, 0.25) is 0 Å². The second-order valence-corrected chi connectivity index (χ2v) is 6.10. The van der Waals surface area contributed by atoms with Crippen LogP contribution < -0.4 is 15.4 Å². The average molecular weight is 349 g/mol. The number of ether oxygens (including phenoxy) is 1. The third-order valence-electron chi connectivity index (χ3n) is 3.39. The number of nitrogens with two attached hydrogens (primary N) is 1. The summed E-state index contributed by atoms with van der Waals surface area (Å²) in [4.78, 5) is 2.14. The Morgan fingerprint density at radius 2 is 1.90 bits per heavy atom. The molecule has 0 fully saturated rings. The van der Waals surface area contributed by atoms with Gasteiger partial charge in [-0.25, -0.2) is 0 Å². The Kier molecular flexibility index (Phi) is 5.26. The van der Waals surface area contributed by atoms with Crippen LogP contribution in [0.15, 0.2) is 46.9 Å². The number of hydrogen-bond donors (Lipinski definition) is 1. The van der Waals surface area contributed by atoms with Gasteiger partial charge in [-0.1, -0.05) is 28.1 Å². The predicted octanol–water partition coefficient (Wildman–Crippen LogP) is 4.12. The topological polar surface area (TPSA) is 38.5 Å². The van der Waals surface area contributed by atoms with Gasteiger partial charge in [0, 0.05) is 23.2 Å². The Bertz CT molecular complexity index is 613. The number of halogens is 1. The Hall–Kier alpha value is -1.52. The Labute approximate surface area is 134 Å². The predicted molar refractivity (Wildman–Crippen MR) is 92.6 cm³/mol. The number of hydrogen-bond acceptors (Lipinski definition) is 3. The highest BCUT2D eigenvalue weighted by Gasteiger charge is 2.14. The van der Waals surface area contributed by atoms with Crippen molar-refractivity contribution in [3.8, 4) is 5.75 Å². The summed E-state index contributed by atoms with van der Waals surface area (Å²) in [5.41, 5.74) is 9.37. The molecule has 0 amide bonds. The first-order valence-electron chi connectivity index (χ1n) is 6.93. The monoisotopic (exact) mass is 348 g/mol. The third kappa shape index (κ3) is 3.77. The van der Waals surface area contributed by atoms with Crippen LogP contribution in [0.2, 0.25) is 0 Å². The van der Waals surface area contributed by atoms with Crippen molar-refractivity contribution in [2.75, 3.05) is 19.1 Å². The van der Waals surface area contributed by atoms with E-state index in [2.05, 4.69) is 39.0 Å². The molecule has 0 aliphatic rings. The van der Waals surface area contributed by atoms with Gasteiger partial charge in [0.05, 0.1) is 12.8 Å². The molecular weight excluding hydrogens is 328 g/mol. The molecule has 21 heavy (non-hydrogen) atoms. The fraction of sp³-hybridized carbons (Fsp3) is 0.294. The number of nitrogens with zero attached hydrogens (tertiary/aromatic N) is 1. The molecule has 0 bridgehead atoms. The standard InChI is InChI=1S/C17H21BrN2O/c1-12(19)10-13-11-14(18)8-9-15(13)20(2)16-6-4-5-7-17(16)21-3/h4-9,11-12H,10,19H2,1-3H3. The molecule has 112 valence electrons. The Morgan fingerprint density at radius 1 is 1.19 bits per heavy atom. The smallest absolute Gasteiger partial charge is 0.142 e. The number of para-hydroxylation sites is 2. The molecule has 0 heterocycles. The van der Waals surface area contributed by atoms with Gasteiger partial charge in [-0.05, 0) is 49.2 Å². The molecule has 0 aliphatic carbocycles. The van der Waals surface area contributed by atoms with E-state index >= 15 is 0 Å². The minimum Gasteiger partial charge on any atom is -0.495 e. The summed E-state index contributed by atoms with van der Waals surface area (Å²) in [5, 5.41) is 0. The van der Waals surface area contributed by atoms with Crippen molar-refractivity contribution in [2.24, 2.45) is 5.73 Å². The van der Waals surface area contributed by atoms with E-state index in [0.717, 1.165) is 28.0 Å². The largest absolute Gasteiger partial charge is 0.495 e. The molecule has 0 saturated carbocycles. The van der Waals surface area contributed by atoms with Crippen molar-refractivity contribution in [2.45, 2.75) is 19.4 Å². The first-order valence-corrected chi connectivity index (χ1v) is 7.73. The van der Waals surface area contributed by atoms with Crippen molar-refractivity contribution < 1.29 is 4.74 Å².